The molecule has 2 unspecified atom stereocenters. The lowest BCUT2D eigenvalue weighted by atomic mass is 10.1. The highest BCUT2D eigenvalue weighted by molar-refractivity contribution is 8.21. The fourth-order valence-corrected chi connectivity index (χ4v) is 6.36. The third-order valence-electron chi connectivity index (χ3n) is 3.37. The third kappa shape index (κ3) is 1.08. The molecule has 2 nitrogen and oxygen atoms in total. The molecule has 14 heavy (non-hydrogen) atoms. The predicted octanol–water partition coefficient (Wildman–Crippen LogP) is 1.37. The van der Waals surface area contributed by atoms with Crippen molar-refractivity contribution in [2.75, 3.05) is 18.6 Å². The molecule has 1 spiro atoms. The Morgan fingerprint density at radius 3 is 2.93 bits per heavy atom. The number of nitrogens with zero attached hydrogens (tertiary/aromatic N) is 1. The second-order valence-corrected chi connectivity index (χ2v) is 7.22. The Hall–Kier alpha value is 0.0700. The Labute approximate surface area is 92.5 Å². The van der Waals surface area contributed by atoms with Crippen molar-refractivity contribution in [3.8, 4) is 0 Å². The minimum Gasteiger partial charge on any atom is -0.293 e. The quantitative estimate of drug-likeness (QED) is 0.622. The molecular formula is C10H13NOS2. The van der Waals surface area contributed by atoms with E-state index in [0.717, 1.165) is 6.42 Å². The number of rotatable bonds is 0. The van der Waals surface area contributed by atoms with Crippen LogP contribution in [0.15, 0.2) is 12.2 Å². The molecule has 2 fully saturated rings. The topological polar surface area (TPSA) is 20.3 Å². The highest BCUT2D eigenvalue weighted by Crippen LogP contribution is 2.56. The van der Waals surface area contributed by atoms with Gasteiger partial charge in [-0.3, -0.25) is 9.69 Å². The van der Waals surface area contributed by atoms with Crippen LogP contribution < -0.4 is 0 Å². The Morgan fingerprint density at radius 2 is 2.21 bits per heavy atom. The van der Waals surface area contributed by atoms with Crippen molar-refractivity contribution in [2.24, 2.45) is 0 Å². The van der Waals surface area contributed by atoms with Gasteiger partial charge in [0, 0.05) is 17.5 Å². The number of hydrogen-bond donors (Lipinski definition) is 0. The van der Waals surface area contributed by atoms with E-state index in [-0.39, 0.29) is 10.1 Å². The number of fused-ring (bicyclic) bond motifs is 3. The summed E-state index contributed by atoms with van der Waals surface area (Å²) in [5.74, 6) is 2.72. The van der Waals surface area contributed by atoms with E-state index in [0.29, 0.717) is 11.8 Å². The lowest BCUT2D eigenvalue weighted by molar-refractivity contribution is -0.119. The first-order valence-electron chi connectivity index (χ1n) is 4.95. The molecular weight excluding hydrogens is 214 g/mol. The van der Waals surface area contributed by atoms with Crippen molar-refractivity contribution in [3.63, 3.8) is 0 Å². The highest BCUT2D eigenvalue weighted by Gasteiger charge is 2.56. The first-order chi connectivity index (χ1) is 6.73. The SMILES string of the molecule is CN1C2C=CC(=O)C1C1(C2)SCCS1. The van der Waals surface area contributed by atoms with Crippen LogP contribution in [0, 0.1) is 0 Å². The van der Waals surface area contributed by atoms with Gasteiger partial charge in [-0.15, -0.1) is 23.5 Å². The fourth-order valence-electron chi connectivity index (χ4n) is 2.71. The molecule has 0 aliphatic carbocycles. The van der Waals surface area contributed by atoms with Gasteiger partial charge < -0.3 is 0 Å². The second-order valence-electron chi connectivity index (χ2n) is 4.11. The summed E-state index contributed by atoms with van der Waals surface area (Å²) in [5, 5.41) is 0. The number of ketones is 1. The Balaban J connectivity index is 2.02. The lowest BCUT2D eigenvalue weighted by Crippen LogP contribution is -2.46. The van der Waals surface area contributed by atoms with E-state index in [9.17, 15) is 4.79 Å². The maximum absolute atomic E-state index is 11.9. The van der Waals surface area contributed by atoms with Gasteiger partial charge in [0.2, 0.25) is 0 Å². The smallest absolute Gasteiger partial charge is 0.174 e. The van der Waals surface area contributed by atoms with Crippen molar-refractivity contribution < 1.29 is 4.79 Å². The van der Waals surface area contributed by atoms with Crippen LogP contribution in [0.3, 0.4) is 0 Å². The van der Waals surface area contributed by atoms with Crippen molar-refractivity contribution in [1.29, 1.82) is 0 Å². The molecule has 4 heteroatoms. The van der Waals surface area contributed by atoms with E-state index in [1.807, 2.05) is 23.5 Å². The molecule has 0 radical (unpaired) electrons. The molecule has 3 rings (SSSR count). The van der Waals surface area contributed by atoms with E-state index in [2.05, 4.69) is 18.0 Å². The van der Waals surface area contributed by atoms with Crippen molar-refractivity contribution >= 4 is 29.3 Å². The highest BCUT2D eigenvalue weighted by atomic mass is 32.2. The van der Waals surface area contributed by atoms with E-state index < -0.39 is 0 Å². The third-order valence-corrected chi connectivity index (χ3v) is 6.91. The molecule has 0 aromatic rings. The van der Waals surface area contributed by atoms with Crippen LogP contribution in [0.2, 0.25) is 0 Å². The van der Waals surface area contributed by atoms with Crippen LogP contribution in [0.1, 0.15) is 6.42 Å². The lowest BCUT2D eigenvalue weighted by Gasteiger charge is -2.31. The maximum atomic E-state index is 11.9. The van der Waals surface area contributed by atoms with Gasteiger partial charge in [0.05, 0.1) is 10.1 Å². The molecule has 3 heterocycles. The standard InChI is InChI=1S/C10H13NOS2/c1-11-7-2-3-8(12)9(11)10(6-7)13-4-5-14-10/h2-3,7,9H,4-6H2,1H3. The molecule has 3 aliphatic rings. The zero-order valence-electron chi connectivity index (χ0n) is 8.10. The Kier molecular flexibility index (Phi) is 2.01. The zero-order valence-corrected chi connectivity index (χ0v) is 9.74. The summed E-state index contributed by atoms with van der Waals surface area (Å²) < 4.78 is 0.181. The van der Waals surface area contributed by atoms with Crippen LogP contribution in [0.25, 0.3) is 0 Å². The second kappa shape index (κ2) is 3.03. The number of likely N-dealkylation sites (N-methyl/N-ethyl adjacent to an activating group) is 1. The van der Waals surface area contributed by atoms with Crippen LogP contribution in [-0.4, -0.2) is 45.4 Å². The first-order valence-corrected chi connectivity index (χ1v) is 6.92. The summed E-state index contributed by atoms with van der Waals surface area (Å²) in [6, 6.07) is 0.630. The summed E-state index contributed by atoms with van der Waals surface area (Å²) in [7, 11) is 2.09. The van der Waals surface area contributed by atoms with Gasteiger partial charge in [-0.05, 0) is 19.5 Å². The van der Waals surface area contributed by atoms with Crippen LogP contribution in [-0.2, 0) is 4.79 Å². The number of carbonyl (C=O) groups excluding carboxylic acids is 1. The molecule has 76 valence electrons. The minimum atomic E-state index is 0.134. The summed E-state index contributed by atoms with van der Waals surface area (Å²) in [6.07, 6.45) is 5.02. The van der Waals surface area contributed by atoms with Crippen molar-refractivity contribution in [1.82, 2.24) is 4.90 Å². The number of thioether (sulfide) groups is 2. The first kappa shape index (κ1) is 9.31. The van der Waals surface area contributed by atoms with E-state index in [1.54, 1.807) is 6.08 Å². The molecule has 0 aromatic carbocycles. The molecule has 3 aliphatic heterocycles. The van der Waals surface area contributed by atoms with Crippen LogP contribution >= 0.6 is 23.5 Å². The molecule has 2 saturated heterocycles. The normalized spacial score (nSPS) is 39.9. The molecule has 2 atom stereocenters. The summed E-state index contributed by atoms with van der Waals surface area (Å²) in [6.45, 7) is 0. The van der Waals surface area contributed by atoms with Gasteiger partial charge in [-0.2, -0.15) is 0 Å². The van der Waals surface area contributed by atoms with Crippen molar-refractivity contribution in [3.05, 3.63) is 12.2 Å². The molecule has 0 amide bonds. The largest absolute Gasteiger partial charge is 0.293 e. The van der Waals surface area contributed by atoms with Gasteiger partial charge in [0.25, 0.3) is 0 Å². The van der Waals surface area contributed by atoms with Crippen LogP contribution in [0.4, 0.5) is 0 Å². The zero-order chi connectivity index (χ0) is 9.76. The summed E-state index contributed by atoms with van der Waals surface area (Å²) in [5.41, 5.74) is 0. The fraction of sp³-hybridized carbons (Fsp3) is 0.700. The average molecular weight is 227 g/mol. The average Bonchev–Trinajstić information content (AvgIpc) is 2.65. The Bertz CT molecular complexity index is 309. The van der Waals surface area contributed by atoms with E-state index in [4.69, 9.17) is 0 Å². The van der Waals surface area contributed by atoms with E-state index in [1.165, 1.54) is 11.5 Å². The summed E-state index contributed by atoms with van der Waals surface area (Å²) >= 11 is 3.99. The van der Waals surface area contributed by atoms with Gasteiger partial charge in [0.1, 0.15) is 0 Å². The molecule has 0 saturated carbocycles. The van der Waals surface area contributed by atoms with Gasteiger partial charge in [-0.25, -0.2) is 0 Å². The number of hydrogen-bond acceptors (Lipinski definition) is 4. The molecule has 0 aromatic heterocycles. The maximum Gasteiger partial charge on any atom is 0.174 e. The summed E-state index contributed by atoms with van der Waals surface area (Å²) in [4.78, 5) is 14.1. The number of carbonyl (C=O) groups is 1. The monoisotopic (exact) mass is 227 g/mol. The Morgan fingerprint density at radius 1 is 1.50 bits per heavy atom. The van der Waals surface area contributed by atoms with Crippen LogP contribution in [0.5, 0.6) is 0 Å². The van der Waals surface area contributed by atoms with Gasteiger partial charge >= 0.3 is 0 Å². The minimum absolute atomic E-state index is 0.134. The van der Waals surface area contributed by atoms with Crippen molar-refractivity contribution in [2.45, 2.75) is 22.6 Å². The predicted molar refractivity (Wildman–Crippen MR) is 61.8 cm³/mol. The van der Waals surface area contributed by atoms with Gasteiger partial charge in [-0.1, -0.05) is 6.08 Å². The molecule has 2 bridgehead atoms. The van der Waals surface area contributed by atoms with Gasteiger partial charge in [0.15, 0.2) is 5.78 Å². The van der Waals surface area contributed by atoms with E-state index >= 15 is 0 Å². The molecule has 0 N–H and O–H groups in total.